The Bertz CT molecular complexity index is 717. The van der Waals surface area contributed by atoms with Crippen molar-refractivity contribution >= 4 is 35.0 Å². The monoisotopic (exact) mass is 361 g/mol. The van der Waals surface area contributed by atoms with E-state index >= 15 is 0 Å². The summed E-state index contributed by atoms with van der Waals surface area (Å²) in [7, 11) is 0. The molecule has 1 saturated heterocycles. The Morgan fingerprint density at radius 3 is 2.71 bits per heavy atom. The van der Waals surface area contributed by atoms with Crippen LogP contribution in [0.25, 0.3) is 0 Å². The minimum absolute atomic E-state index is 0.144. The SMILES string of the molecule is Cc1cccc(N2CCN(C(=O)CSc3ncccc3Cl)CC2)c1. The summed E-state index contributed by atoms with van der Waals surface area (Å²) in [5, 5.41) is 1.31. The van der Waals surface area contributed by atoms with Gasteiger partial charge in [-0.1, -0.05) is 35.5 Å². The number of nitrogens with zero attached hydrogens (tertiary/aromatic N) is 3. The Morgan fingerprint density at radius 1 is 1.21 bits per heavy atom. The Labute approximate surface area is 151 Å². The van der Waals surface area contributed by atoms with Crippen LogP contribution in [0.4, 0.5) is 5.69 Å². The van der Waals surface area contributed by atoms with Crippen molar-refractivity contribution < 1.29 is 4.79 Å². The summed E-state index contributed by atoms with van der Waals surface area (Å²) in [6.07, 6.45) is 1.69. The zero-order valence-corrected chi connectivity index (χ0v) is 15.2. The molecule has 1 amide bonds. The Kier molecular flexibility index (Phi) is 5.63. The van der Waals surface area contributed by atoms with Gasteiger partial charge in [-0.3, -0.25) is 4.79 Å². The van der Waals surface area contributed by atoms with E-state index in [-0.39, 0.29) is 5.91 Å². The molecular formula is C18H20ClN3OS. The summed E-state index contributed by atoms with van der Waals surface area (Å²) in [6, 6.07) is 12.1. The maximum atomic E-state index is 12.4. The van der Waals surface area contributed by atoms with E-state index in [1.165, 1.54) is 23.0 Å². The largest absolute Gasteiger partial charge is 0.368 e. The molecule has 3 rings (SSSR count). The highest BCUT2D eigenvalue weighted by atomic mass is 35.5. The number of halogens is 1. The van der Waals surface area contributed by atoms with Gasteiger partial charge in [-0.25, -0.2) is 4.98 Å². The van der Waals surface area contributed by atoms with E-state index < -0.39 is 0 Å². The molecule has 1 aromatic heterocycles. The van der Waals surface area contributed by atoms with Gasteiger partial charge in [-0.05, 0) is 36.8 Å². The first kappa shape index (κ1) is 17.1. The number of carbonyl (C=O) groups is 1. The Morgan fingerprint density at radius 2 is 2.00 bits per heavy atom. The maximum absolute atomic E-state index is 12.4. The number of hydrogen-bond donors (Lipinski definition) is 0. The summed E-state index contributed by atoms with van der Waals surface area (Å²) in [4.78, 5) is 20.9. The lowest BCUT2D eigenvalue weighted by Gasteiger charge is -2.36. The van der Waals surface area contributed by atoms with Crippen LogP contribution >= 0.6 is 23.4 Å². The van der Waals surface area contributed by atoms with Crippen molar-refractivity contribution in [1.82, 2.24) is 9.88 Å². The number of aromatic nitrogens is 1. The number of pyridine rings is 1. The lowest BCUT2D eigenvalue weighted by atomic mass is 10.2. The normalized spacial score (nSPS) is 14.8. The van der Waals surface area contributed by atoms with Gasteiger partial charge >= 0.3 is 0 Å². The zero-order chi connectivity index (χ0) is 16.9. The molecule has 6 heteroatoms. The van der Waals surface area contributed by atoms with E-state index in [9.17, 15) is 4.79 Å². The standard InChI is InChI=1S/C18H20ClN3OS/c1-14-4-2-5-15(12-14)21-8-10-22(11-9-21)17(23)13-24-18-16(19)6-3-7-20-18/h2-7,12H,8-11,13H2,1H3. The number of thioether (sulfide) groups is 1. The quantitative estimate of drug-likeness (QED) is 0.781. The second-order valence-corrected chi connectivity index (χ2v) is 7.16. The number of amides is 1. The third kappa shape index (κ3) is 4.22. The minimum atomic E-state index is 0.144. The van der Waals surface area contributed by atoms with E-state index in [4.69, 9.17) is 11.6 Å². The first-order valence-corrected chi connectivity index (χ1v) is 9.32. The Hall–Kier alpha value is -1.72. The fraction of sp³-hybridized carbons (Fsp3) is 0.333. The van der Waals surface area contributed by atoms with E-state index in [0.717, 1.165) is 26.2 Å². The number of aryl methyl sites for hydroxylation is 1. The molecule has 2 heterocycles. The molecular weight excluding hydrogens is 342 g/mol. The number of anilines is 1. The summed E-state index contributed by atoms with van der Waals surface area (Å²) in [6.45, 7) is 5.34. The van der Waals surface area contributed by atoms with Crippen LogP contribution in [0, 0.1) is 6.92 Å². The van der Waals surface area contributed by atoms with Crippen LogP contribution in [0.3, 0.4) is 0 Å². The highest BCUT2D eigenvalue weighted by Crippen LogP contribution is 2.24. The molecule has 0 saturated carbocycles. The average Bonchev–Trinajstić information content (AvgIpc) is 2.61. The molecule has 24 heavy (non-hydrogen) atoms. The van der Waals surface area contributed by atoms with Gasteiger partial charge in [0.25, 0.3) is 0 Å². The smallest absolute Gasteiger partial charge is 0.233 e. The minimum Gasteiger partial charge on any atom is -0.368 e. The second-order valence-electron chi connectivity index (χ2n) is 5.79. The van der Waals surface area contributed by atoms with E-state index in [1.807, 2.05) is 4.90 Å². The van der Waals surface area contributed by atoms with Crippen LogP contribution in [-0.4, -0.2) is 47.7 Å². The fourth-order valence-corrected chi connectivity index (χ4v) is 3.81. The predicted octanol–water partition coefficient (Wildman–Crippen LogP) is 3.48. The summed E-state index contributed by atoms with van der Waals surface area (Å²) in [5.74, 6) is 0.520. The second kappa shape index (κ2) is 7.90. The van der Waals surface area contributed by atoms with Crippen molar-refractivity contribution in [3.8, 4) is 0 Å². The Balaban J connectivity index is 1.51. The van der Waals surface area contributed by atoms with Crippen LogP contribution in [0.2, 0.25) is 5.02 Å². The summed E-state index contributed by atoms with van der Waals surface area (Å²) >= 11 is 7.48. The average molecular weight is 362 g/mol. The van der Waals surface area contributed by atoms with Gasteiger partial charge in [0.15, 0.2) is 0 Å². The first-order valence-electron chi connectivity index (χ1n) is 7.96. The van der Waals surface area contributed by atoms with Crippen molar-refractivity contribution in [3.63, 3.8) is 0 Å². The fourth-order valence-electron chi connectivity index (χ4n) is 2.74. The molecule has 126 valence electrons. The van der Waals surface area contributed by atoms with Crippen molar-refractivity contribution in [2.75, 3.05) is 36.8 Å². The molecule has 1 fully saturated rings. The topological polar surface area (TPSA) is 36.4 Å². The number of benzene rings is 1. The number of rotatable bonds is 4. The van der Waals surface area contributed by atoms with Crippen molar-refractivity contribution in [1.29, 1.82) is 0 Å². The third-order valence-electron chi connectivity index (χ3n) is 4.06. The van der Waals surface area contributed by atoms with Gasteiger partial charge in [0.05, 0.1) is 10.8 Å². The van der Waals surface area contributed by atoms with Crippen molar-refractivity contribution in [3.05, 3.63) is 53.2 Å². The maximum Gasteiger partial charge on any atom is 0.233 e. The molecule has 1 aromatic carbocycles. The van der Waals surface area contributed by atoms with Crippen molar-refractivity contribution in [2.24, 2.45) is 0 Å². The van der Waals surface area contributed by atoms with Gasteiger partial charge in [-0.2, -0.15) is 0 Å². The number of piperazine rings is 1. The molecule has 0 bridgehead atoms. The molecule has 0 N–H and O–H groups in total. The van der Waals surface area contributed by atoms with E-state index in [1.54, 1.807) is 18.3 Å². The molecule has 0 aliphatic carbocycles. The van der Waals surface area contributed by atoms with Gasteiger partial charge in [0, 0.05) is 38.1 Å². The van der Waals surface area contributed by atoms with Gasteiger partial charge in [-0.15, -0.1) is 0 Å². The third-order valence-corrected chi connectivity index (χ3v) is 5.46. The molecule has 2 aromatic rings. The summed E-state index contributed by atoms with van der Waals surface area (Å²) < 4.78 is 0. The molecule has 4 nitrogen and oxygen atoms in total. The molecule has 0 spiro atoms. The van der Waals surface area contributed by atoms with Gasteiger partial charge in [0.1, 0.15) is 5.03 Å². The van der Waals surface area contributed by atoms with Gasteiger partial charge < -0.3 is 9.80 Å². The molecule has 0 unspecified atom stereocenters. The lowest BCUT2D eigenvalue weighted by Crippen LogP contribution is -2.49. The number of carbonyl (C=O) groups excluding carboxylic acids is 1. The van der Waals surface area contributed by atoms with Crippen molar-refractivity contribution in [2.45, 2.75) is 11.9 Å². The highest BCUT2D eigenvalue weighted by Gasteiger charge is 2.21. The van der Waals surface area contributed by atoms with Crippen LogP contribution in [0.1, 0.15) is 5.56 Å². The predicted molar refractivity (Wildman–Crippen MR) is 99.9 cm³/mol. The van der Waals surface area contributed by atoms with E-state index in [2.05, 4.69) is 41.1 Å². The molecule has 0 atom stereocenters. The van der Waals surface area contributed by atoms with E-state index in [0.29, 0.717) is 15.8 Å². The molecule has 1 aliphatic rings. The highest BCUT2D eigenvalue weighted by molar-refractivity contribution is 8.00. The lowest BCUT2D eigenvalue weighted by molar-refractivity contribution is -0.128. The first-order chi connectivity index (χ1) is 11.6. The zero-order valence-electron chi connectivity index (χ0n) is 13.6. The number of hydrogen-bond acceptors (Lipinski definition) is 4. The van der Waals surface area contributed by atoms with Crippen LogP contribution in [0.15, 0.2) is 47.6 Å². The van der Waals surface area contributed by atoms with Gasteiger partial charge in [0.2, 0.25) is 5.91 Å². The molecule has 1 aliphatic heterocycles. The summed E-state index contributed by atoms with van der Waals surface area (Å²) in [5.41, 5.74) is 2.49. The molecule has 0 radical (unpaired) electrons. The van der Waals surface area contributed by atoms with Crippen LogP contribution in [0.5, 0.6) is 0 Å². The van der Waals surface area contributed by atoms with Crippen LogP contribution in [-0.2, 0) is 4.79 Å². The van der Waals surface area contributed by atoms with Crippen LogP contribution < -0.4 is 4.90 Å².